The Morgan fingerprint density at radius 3 is 2.06 bits per heavy atom. The second-order valence-electron chi connectivity index (χ2n) is 14.8. The highest BCUT2D eigenvalue weighted by Gasteiger charge is 2.73. The van der Waals surface area contributed by atoms with Crippen molar-refractivity contribution in [3.8, 4) is 16.9 Å². The average molecular weight is 693 g/mol. The first-order valence-corrected chi connectivity index (χ1v) is 17.1. The number of esters is 1. The highest BCUT2D eigenvalue weighted by Crippen LogP contribution is 2.63. The number of phenolic OH excluding ortho intramolecular Hbond substituents is 1. The monoisotopic (exact) mass is 692 g/mol. The summed E-state index contributed by atoms with van der Waals surface area (Å²) in [7, 11) is 0. The summed E-state index contributed by atoms with van der Waals surface area (Å²) in [6.45, 7) is 7.51. The molecular weight excluding hydrogens is 652 g/mol. The second kappa shape index (κ2) is 11.7. The van der Waals surface area contributed by atoms with Crippen LogP contribution in [-0.2, 0) is 25.5 Å². The maximum atomic E-state index is 14.3. The van der Waals surface area contributed by atoms with Crippen LogP contribution in [0.25, 0.3) is 11.1 Å². The van der Waals surface area contributed by atoms with Gasteiger partial charge in [-0.15, -0.1) is 0 Å². The summed E-state index contributed by atoms with van der Waals surface area (Å²) >= 11 is 0. The van der Waals surface area contributed by atoms with Gasteiger partial charge in [0.25, 0.3) is 0 Å². The molecule has 0 saturated carbocycles. The van der Waals surface area contributed by atoms with Gasteiger partial charge in [0.1, 0.15) is 29.4 Å². The van der Waals surface area contributed by atoms with E-state index in [4.69, 9.17) is 4.74 Å². The third-order valence-corrected chi connectivity index (χ3v) is 11.9. The minimum atomic E-state index is -2.96. The fraction of sp³-hybridized carbons (Fsp3) is 0.366. The minimum absolute atomic E-state index is 0.0594. The molecule has 0 bridgehead atoms. The number of aromatic hydroxyl groups is 1. The molecule has 0 saturated heterocycles. The Balaban J connectivity index is 1.23. The average Bonchev–Trinajstić information content (AvgIpc) is 3.40. The van der Waals surface area contributed by atoms with Crippen LogP contribution in [0.5, 0.6) is 5.75 Å². The lowest BCUT2D eigenvalue weighted by Gasteiger charge is -2.59. The number of Topliss-reactive ketones (excluding diaryl/α,β-unsaturated/α-hetero) is 3. The van der Waals surface area contributed by atoms with Crippen LogP contribution in [0.3, 0.4) is 0 Å². The Labute approximate surface area is 294 Å². The molecular formula is C41H40O10. The van der Waals surface area contributed by atoms with Crippen molar-refractivity contribution in [2.75, 3.05) is 6.61 Å². The van der Waals surface area contributed by atoms with Crippen LogP contribution in [-0.4, -0.2) is 67.2 Å². The van der Waals surface area contributed by atoms with Crippen LogP contribution in [0.1, 0.15) is 79.1 Å². The van der Waals surface area contributed by atoms with Crippen LogP contribution >= 0.6 is 0 Å². The smallest absolute Gasteiger partial charge is 0.310 e. The Morgan fingerprint density at radius 1 is 0.902 bits per heavy atom. The van der Waals surface area contributed by atoms with Crippen molar-refractivity contribution in [3.05, 3.63) is 111 Å². The van der Waals surface area contributed by atoms with Crippen molar-refractivity contribution in [1.82, 2.24) is 0 Å². The third kappa shape index (κ3) is 4.48. The van der Waals surface area contributed by atoms with Crippen LogP contribution in [0.4, 0.5) is 0 Å². The number of rotatable bonds is 6. The molecule has 0 spiro atoms. The lowest BCUT2D eigenvalue weighted by Crippen LogP contribution is -2.71. The molecule has 6 atom stereocenters. The number of fused-ring (bicyclic) bond motifs is 6. The zero-order chi connectivity index (χ0) is 36.9. The van der Waals surface area contributed by atoms with E-state index in [2.05, 4.69) is 0 Å². The van der Waals surface area contributed by atoms with Crippen molar-refractivity contribution in [2.45, 2.75) is 64.6 Å². The summed E-state index contributed by atoms with van der Waals surface area (Å²) in [4.78, 5) is 54.1. The molecule has 3 aromatic carbocycles. The maximum Gasteiger partial charge on any atom is 0.310 e. The molecule has 7 rings (SSSR count). The summed E-state index contributed by atoms with van der Waals surface area (Å²) in [6, 6.07) is 18.9. The number of allylic oxidation sites excluding steroid dienone is 1. The van der Waals surface area contributed by atoms with Gasteiger partial charge in [0.2, 0.25) is 5.78 Å². The van der Waals surface area contributed by atoms with Gasteiger partial charge in [-0.3, -0.25) is 19.2 Å². The van der Waals surface area contributed by atoms with Gasteiger partial charge in [-0.1, -0.05) is 88.4 Å². The van der Waals surface area contributed by atoms with Gasteiger partial charge in [0.05, 0.1) is 18.1 Å². The molecule has 1 unspecified atom stereocenters. The third-order valence-electron chi connectivity index (χ3n) is 11.9. The van der Waals surface area contributed by atoms with Crippen LogP contribution in [0.15, 0.2) is 83.3 Å². The number of ether oxygens (including phenoxy) is 1. The van der Waals surface area contributed by atoms with Crippen molar-refractivity contribution < 1.29 is 49.4 Å². The van der Waals surface area contributed by atoms with E-state index in [1.807, 2.05) is 48.5 Å². The van der Waals surface area contributed by atoms with E-state index < -0.39 is 92.5 Å². The first-order chi connectivity index (χ1) is 24.1. The molecule has 0 heterocycles. The second-order valence-corrected chi connectivity index (χ2v) is 14.8. The fourth-order valence-electron chi connectivity index (χ4n) is 9.54. The molecule has 264 valence electrons. The highest BCUT2D eigenvalue weighted by molar-refractivity contribution is 6.25. The van der Waals surface area contributed by atoms with Crippen molar-refractivity contribution >= 4 is 23.3 Å². The fourth-order valence-corrected chi connectivity index (χ4v) is 9.54. The van der Waals surface area contributed by atoms with Crippen molar-refractivity contribution in [2.24, 2.45) is 23.2 Å². The number of hydrogen-bond acceptors (Lipinski definition) is 10. The first kappa shape index (κ1) is 34.4. The molecule has 10 heteroatoms. The van der Waals surface area contributed by atoms with Crippen molar-refractivity contribution in [1.29, 1.82) is 0 Å². The van der Waals surface area contributed by atoms with Crippen LogP contribution in [0.2, 0.25) is 0 Å². The van der Waals surface area contributed by atoms with Crippen molar-refractivity contribution in [3.63, 3.8) is 0 Å². The number of ketones is 3. The van der Waals surface area contributed by atoms with E-state index >= 15 is 0 Å². The van der Waals surface area contributed by atoms with E-state index in [1.54, 1.807) is 26.8 Å². The largest absolute Gasteiger partial charge is 0.511 e. The summed E-state index contributed by atoms with van der Waals surface area (Å²) in [5.41, 5.74) is -1.71. The molecule has 0 aromatic heterocycles. The molecule has 3 aromatic rings. The first-order valence-electron chi connectivity index (χ1n) is 17.1. The van der Waals surface area contributed by atoms with Gasteiger partial charge in [-0.2, -0.15) is 0 Å². The summed E-state index contributed by atoms with van der Waals surface area (Å²) < 4.78 is 5.73. The molecule has 0 amide bonds. The van der Waals surface area contributed by atoms with Gasteiger partial charge in [-0.25, -0.2) is 0 Å². The molecule has 0 radical (unpaired) electrons. The molecule has 0 fully saturated rings. The van der Waals surface area contributed by atoms with E-state index in [9.17, 15) is 44.7 Å². The zero-order valence-electron chi connectivity index (χ0n) is 28.9. The van der Waals surface area contributed by atoms with Crippen LogP contribution in [0, 0.1) is 23.2 Å². The number of aliphatic hydroxyl groups excluding tert-OH is 3. The Hall–Kier alpha value is -5.06. The number of carbonyl (C=O) groups excluding carboxylic acids is 4. The number of hydrogen-bond donors (Lipinski definition) is 5. The standard InChI is InChI=1S/C41H40O10/c1-18(2)33-36(46)30(20(4)42)38(48)41(50)39(49)32-29(37(47)40(33,41)5)19(3)22-15-14-21(34(44)31(22)35(32)45)16-28(43)51-17-27-25-12-8-6-10-23(25)24-11-7-9-13-26(24)27/h6-15,18-19,27,29,33,37,44,46-47,49-50H,16-17H2,1-5H3/t19-,29+,33?,37-,40+,41+/m1/s1. The van der Waals surface area contributed by atoms with E-state index in [0.29, 0.717) is 5.56 Å². The number of aliphatic hydroxyl groups is 4. The summed E-state index contributed by atoms with van der Waals surface area (Å²) in [5, 5.41) is 58.9. The number of benzene rings is 3. The lowest BCUT2D eigenvalue weighted by molar-refractivity contribution is -0.198. The molecule has 4 aliphatic rings. The van der Waals surface area contributed by atoms with Gasteiger partial charge in [0, 0.05) is 34.3 Å². The maximum absolute atomic E-state index is 14.3. The molecule has 0 aliphatic heterocycles. The topological polar surface area (TPSA) is 179 Å². The van der Waals surface area contributed by atoms with Gasteiger partial charge < -0.3 is 30.3 Å². The lowest BCUT2D eigenvalue weighted by atomic mass is 9.45. The molecule has 51 heavy (non-hydrogen) atoms. The molecule has 10 nitrogen and oxygen atoms in total. The van der Waals surface area contributed by atoms with E-state index in [1.165, 1.54) is 13.0 Å². The molecule has 5 N–H and O–H groups in total. The SMILES string of the molecule is CC(=O)C1=C(O)C(C(C)C)[C@@]2(C)[C@H](O)[C@@H]3C(=C(O)[C@@]2(O)C1=O)C(=O)c1c(ccc(CC(=O)OCC2c4ccccc4-c4ccccc42)c1O)[C@H]3C. The Kier molecular flexibility index (Phi) is 7.92. The summed E-state index contributed by atoms with van der Waals surface area (Å²) in [6.07, 6.45) is -2.05. The summed E-state index contributed by atoms with van der Waals surface area (Å²) in [5.74, 6) is -9.68. The highest BCUT2D eigenvalue weighted by atomic mass is 16.5. The number of carbonyl (C=O) groups is 4. The van der Waals surface area contributed by atoms with Crippen LogP contribution < -0.4 is 0 Å². The molecule has 4 aliphatic carbocycles. The van der Waals surface area contributed by atoms with E-state index in [0.717, 1.165) is 29.2 Å². The predicted molar refractivity (Wildman–Crippen MR) is 185 cm³/mol. The van der Waals surface area contributed by atoms with Gasteiger partial charge >= 0.3 is 5.97 Å². The van der Waals surface area contributed by atoms with Gasteiger partial charge in [-0.05, 0) is 46.6 Å². The van der Waals surface area contributed by atoms with E-state index in [-0.39, 0.29) is 30.1 Å². The Morgan fingerprint density at radius 2 is 1.49 bits per heavy atom. The minimum Gasteiger partial charge on any atom is -0.511 e. The van der Waals surface area contributed by atoms with Gasteiger partial charge in [0.15, 0.2) is 17.2 Å². The predicted octanol–water partition coefficient (Wildman–Crippen LogP) is 5.39. The zero-order valence-corrected chi connectivity index (χ0v) is 28.9. The normalized spacial score (nSPS) is 28.2. The quantitative estimate of drug-likeness (QED) is 0.166. The number of phenols is 1. The Bertz CT molecular complexity index is 2080.